The van der Waals surface area contributed by atoms with Crippen molar-refractivity contribution in [1.29, 1.82) is 0 Å². The Hall–Kier alpha value is -1.98. The number of thioether (sulfide) groups is 1. The number of halogens is 3. The van der Waals surface area contributed by atoms with Gasteiger partial charge in [-0.1, -0.05) is 13.3 Å². The summed E-state index contributed by atoms with van der Waals surface area (Å²) in [6.07, 6.45) is 1.81. The second-order valence-corrected chi connectivity index (χ2v) is 10.5. The molecule has 1 aromatic heterocycles. The maximum atomic E-state index is 13.1. The van der Waals surface area contributed by atoms with Crippen molar-refractivity contribution >= 4 is 29.4 Å². The molecule has 0 radical (unpaired) electrons. The number of hydrazine groups is 1. The lowest BCUT2D eigenvalue weighted by Crippen LogP contribution is -2.47. The monoisotopic (exact) mass is 504 g/mol. The van der Waals surface area contributed by atoms with Crippen LogP contribution >= 0.6 is 11.8 Å². The zero-order chi connectivity index (χ0) is 25.7. The van der Waals surface area contributed by atoms with Gasteiger partial charge >= 0.3 is 12.1 Å². The number of rotatable bonds is 12. The van der Waals surface area contributed by atoms with Crippen LogP contribution in [0.25, 0.3) is 0 Å². The summed E-state index contributed by atoms with van der Waals surface area (Å²) in [6, 6.07) is 3.07. The van der Waals surface area contributed by atoms with Crippen LogP contribution in [0.4, 0.5) is 24.8 Å². The van der Waals surface area contributed by atoms with E-state index in [1.54, 1.807) is 30.1 Å². The van der Waals surface area contributed by atoms with E-state index >= 15 is 0 Å². The number of pyridine rings is 1. The van der Waals surface area contributed by atoms with Gasteiger partial charge in [-0.05, 0) is 58.6 Å². The number of nitrogens with one attached hydrogen (secondary N) is 1. The van der Waals surface area contributed by atoms with E-state index in [0.717, 1.165) is 32.4 Å². The number of carboxylic acids is 1. The fraction of sp³-hybridized carbons (Fsp3) is 0.652. The molecule has 2 rings (SSSR count). The minimum absolute atomic E-state index is 0.0944. The highest BCUT2D eigenvalue weighted by Gasteiger charge is 2.47. The third kappa shape index (κ3) is 6.79. The number of anilines is 2. The third-order valence-corrected chi connectivity index (χ3v) is 6.36. The first-order valence-electron chi connectivity index (χ1n) is 11.2. The zero-order valence-electron chi connectivity index (χ0n) is 20.6. The highest BCUT2D eigenvalue weighted by molar-refractivity contribution is 7.98. The van der Waals surface area contributed by atoms with E-state index < -0.39 is 30.4 Å². The molecule has 34 heavy (non-hydrogen) atoms. The Morgan fingerprint density at radius 1 is 1.29 bits per heavy atom. The van der Waals surface area contributed by atoms with Crippen LogP contribution in [0.1, 0.15) is 57.8 Å². The number of aromatic nitrogens is 1. The van der Waals surface area contributed by atoms with Gasteiger partial charge in [-0.3, -0.25) is 5.01 Å². The summed E-state index contributed by atoms with van der Waals surface area (Å²) in [5.74, 6) is 0.496. The number of hydrogen-bond donors (Lipinski definition) is 2. The van der Waals surface area contributed by atoms with Crippen LogP contribution in [-0.2, 0) is 4.74 Å². The standard InChI is InChI=1S/C23H35F3N4O3S/c1-7-11-22(4,5)29(13-14-34-6)19-16(20(31)32)8-9-17(27-19)30-12-10-18(28-30)33-15-21(2,3)23(24,25)26/h8-10,12,18,28H,7,11,13-15H2,1-6H3,(H,31,32). The fourth-order valence-electron chi connectivity index (χ4n) is 3.57. The molecule has 2 N–H and O–H groups in total. The molecule has 1 aliphatic heterocycles. The topological polar surface area (TPSA) is 77.9 Å². The molecule has 2 heterocycles. The average Bonchev–Trinajstić information content (AvgIpc) is 3.20. The Kier molecular flexibility index (Phi) is 9.29. The SMILES string of the molecule is CCCC(C)(C)N(CCSC)c1nc(N2C=CC(OCC(C)(C)C(F)(F)F)N2)ccc1C(=O)O. The van der Waals surface area contributed by atoms with Gasteiger partial charge in [-0.2, -0.15) is 30.4 Å². The van der Waals surface area contributed by atoms with Crippen molar-refractivity contribution in [1.82, 2.24) is 10.4 Å². The van der Waals surface area contributed by atoms with Gasteiger partial charge in [0.2, 0.25) is 0 Å². The first-order chi connectivity index (χ1) is 15.7. The lowest BCUT2D eigenvalue weighted by molar-refractivity contribution is -0.230. The van der Waals surface area contributed by atoms with Gasteiger partial charge in [0.05, 0.1) is 12.0 Å². The van der Waals surface area contributed by atoms with E-state index in [1.165, 1.54) is 11.1 Å². The van der Waals surface area contributed by atoms with Gasteiger partial charge in [0.15, 0.2) is 0 Å². The molecule has 0 spiro atoms. The molecule has 1 atom stereocenters. The van der Waals surface area contributed by atoms with E-state index in [1.807, 2.05) is 11.2 Å². The Balaban J connectivity index is 2.29. The molecule has 192 valence electrons. The number of nitrogens with zero attached hydrogens (tertiary/aromatic N) is 3. The summed E-state index contributed by atoms with van der Waals surface area (Å²) in [5.41, 5.74) is 0.725. The van der Waals surface area contributed by atoms with E-state index in [4.69, 9.17) is 4.74 Å². The molecular weight excluding hydrogens is 469 g/mol. The van der Waals surface area contributed by atoms with Crippen LogP contribution in [0.15, 0.2) is 24.4 Å². The second-order valence-electron chi connectivity index (χ2n) is 9.51. The van der Waals surface area contributed by atoms with Crippen LogP contribution in [-0.4, -0.2) is 59.2 Å². The quantitative estimate of drug-likeness (QED) is 0.397. The molecule has 0 amide bonds. The van der Waals surface area contributed by atoms with Crippen LogP contribution < -0.4 is 15.3 Å². The maximum Gasteiger partial charge on any atom is 0.396 e. The molecule has 0 fully saturated rings. The minimum atomic E-state index is -4.39. The average molecular weight is 505 g/mol. The van der Waals surface area contributed by atoms with E-state index in [9.17, 15) is 23.1 Å². The number of alkyl halides is 3. The lowest BCUT2D eigenvalue weighted by Gasteiger charge is -2.40. The number of aromatic carboxylic acids is 1. The summed E-state index contributed by atoms with van der Waals surface area (Å²) in [7, 11) is 0. The molecule has 7 nitrogen and oxygen atoms in total. The minimum Gasteiger partial charge on any atom is -0.478 e. The van der Waals surface area contributed by atoms with Crippen molar-refractivity contribution in [3.8, 4) is 0 Å². The Morgan fingerprint density at radius 2 is 1.97 bits per heavy atom. The smallest absolute Gasteiger partial charge is 0.396 e. The maximum absolute atomic E-state index is 13.1. The van der Waals surface area contributed by atoms with Crippen molar-refractivity contribution in [2.75, 3.05) is 35.1 Å². The van der Waals surface area contributed by atoms with Gasteiger partial charge in [0, 0.05) is 24.0 Å². The van der Waals surface area contributed by atoms with Crippen molar-refractivity contribution < 1.29 is 27.8 Å². The van der Waals surface area contributed by atoms with Gasteiger partial charge in [0.1, 0.15) is 23.4 Å². The molecule has 0 aromatic carbocycles. The van der Waals surface area contributed by atoms with Gasteiger partial charge in [0.25, 0.3) is 0 Å². The van der Waals surface area contributed by atoms with Crippen molar-refractivity contribution in [2.45, 2.75) is 65.4 Å². The summed E-state index contributed by atoms with van der Waals surface area (Å²) >= 11 is 1.66. The summed E-state index contributed by atoms with van der Waals surface area (Å²) < 4.78 is 44.8. The van der Waals surface area contributed by atoms with Crippen LogP contribution in [0.5, 0.6) is 0 Å². The first kappa shape index (κ1) is 28.3. The van der Waals surface area contributed by atoms with Crippen LogP contribution in [0.3, 0.4) is 0 Å². The Labute approximate surface area is 203 Å². The molecule has 0 saturated heterocycles. The summed E-state index contributed by atoms with van der Waals surface area (Å²) in [5, 5.41) is 11.3. The van der Waals surface area contributed by atoms with E-state index in [2.05, 4.69) is 31.2 Å². The fourth-order valence-corrected chi connectivity index (χ4v) is 3.94. The lowest BCUT2D eigenvalue weighted by atomic mass is 9.94. The van der Waals surface area contributed by atoms with Crippen molar-refractivity contribution in [3.63, 3.8) is 0 Å². The normalized spacial score (nSPS) is 16.9. The van der Waals surface area contributed by atoms with Gasteiger partial charge < -0.3 is 14.7 Å². The number of carboxylic acid groups (broad SMARTS) is 1. The molecule has 0 aliphatic carbocycles. The molecule has 1 aliphatic rings. The number of carbonyl (C=O) groups is 1. The predicted octanol–water partition coefficient (Wildman–Crippen LogP) is 5.30. The molecule has 1 aromatic rings. The third-order valence-electron chi connectivity index (χ3n) is 5.77. The summed E-state index contributed by atoms with van der Waals surface area (Å²) in [6.45, 7) is 8.49. The highest BCUT2D eigenvalue weighted by atomic mass is 32.2. The Bertz CT molecular complexity index is 878. The molecule has 0 bridgehead atoms. The van der Waals surface area contributed by atoms with E-state index in [-0.39, 0.29) is 11.1 Å². The van der Waals surface area contributed by atoms with Crippen LogP contribution in [0.2, 0.25) is 0 Å². The van der Waals surface area contributed by atoms with Crippen molar-refractivity contribution in [2.24, 2.45) is 5.41 Å². The number of hydrogen-bond acceptors (Lipinski definition) is 7. The highest BCUT2D eigenvalue weighted by Crippen LogP contribution is 2.38. The predicted molar refractivity (Wildman–Crippen MR) is 130 cm³/mol. The molecule has 0 saturated carbocycles. The molecule has 1 unspecified atom stereocenters. The van der Waals surface area contributed by atoms with Gasteiger partial charge in [-0.25, -0.2) is 9.78 Å². The largest absolute Gasteiger partial charge is 0.478 e. The van der Waals surface area contributed by atoms with Crippen LogP contribution in [0, 0.1) is 5.41 Å². The number of ether oxygens (including phenoxy) is 1. The molecule has 11 heteroatoms. The second kappa shape index (κ2) is 11.2. The Morgan fingerprint density at radius 3 is 2.53 bits per heavy atom. The zero-order valence-corrected chi connectivity index (χ0v) is 21.4. The van der Waals surface area contributed by atoms with E-state index in [0.29, 0.717) is 18.2 Å². The first-order valence-corrected chi connectivity index (χ1v) is 12.6. The molecular formula is C23H35F3N4O3S. The van der Waals surface area contributed by atoms with Crippen molar-refractivity contribution in [3.05, 3.63) is 30.0 Å². The summed E-state index contributed by atoms with van der Waals surface area (Å²) in [4.78, 5) is 18.7. The van der Waals surface area contributed by atoms with Gasteiger partial charge in [-0.15, -0.1) is 0 Å².